The standard InChI is InChI=1S/C15H23ClN4O2/c1-5-6-7-13(10-20(4)11-14(21)19(2)3)22-15-17-8-12(16)9-18-15/h5,8-9,13H,1,6-7,10-11H2,2-4H3/t13-/m0/s1. The van der Waals surface area contributed by atoms with Gasteiger partial charge in [-0.25, -0.2) is 9.97 Å². The third-order valence-electron chi connectivity index (χ3n) is 2.98. The topological polar surface area (TPSA) is 58.6 Å². The van der Waals surface area contributed by atoms with E-state index in [2.05, 4.69) is 16.5 Å². The summed E-state index contributed by atoms with van der Waals surface area (Å²) in [4.78, 5) is 23.3. The van der Waals surface area contributed by atoms with E-state index in [1.807, 2.05) is 18.0 Å². The summed E-state index contributed by atoms with van der Waals surface area (Å²) in [7, 11) is 5.36. The van der Waals surface area contributed by atoms with Crippen molar-refractivity contribution in [2.24, 2.45) is 0 Å². The Bertz CT molecular complexity index is 479. The van der Waals surface area contributed by atoms with E-state index in [1.54, 1.807) is 19.0 Å². The minimum Gasteiger partial charge on any atom is -0.459 e. The Hall–Kier alpha value is -1.66. The average Bonchev–Trinajstić information content (AvgIpc) is 2.46. The zero-order valence-electron chi connectivity index (χ0n) is 13.3. The van der Waals surface area contributed by atoms with Crippen LogP contribution in [0.4, 0.5) is 0 Å². The molecule has 0 N–H and O–H groups in total. The summed E-state index contributed by atoms with van der Waals surface area (Å²) < 4.78 is 5.79. The van der Waals surface area contributed by atoms with Crippen molar-refractivity contribution in [3.63, 3.8) is 0 Å². The molecule has 1 aromatic heterocycles. The molecule has 0 saturated carbocycles. The predicted octanol–water partition coefficient (Wildman–Crippen LogP) is 1.86. The van der Waals surface area contributed by atoms with E-state index in [9.17, 15) is 4.79 Å². The fourth-order valence-corrected chi connectivity index (χ4v) is 1.88. The molecular formula is C15H23ClN4O2. The van der Waals surface area contributed by atoms with Crippen LogP contribution in [0.2, 0.25) is 5.02 Å². The van der Waals surface area contributed by atoms with Gasteiger partial charge in [0, 0.05) is 20.6 Å². The van der Waals surface area contributed by atoms with E-state index in [-0.39, 0.29) is 18.0 Å². The molecular weight excluding hydrogens is 304 g/mol. The predicted molar refractivity (Wildman–Crippen MR) is 87.1 cm³/mol. The first-order valence-corrected chi connectivity index (χ1v) is 7.44. The normalized spacial score (nSPS) is 12.0. The summed E-state index contributed by atoms with van der Waals surface area (Å²) in [6, 6.07) is 0.283. The lowest BCUT2D eigenvalue weighted by atomic mass is 10.2. The van der Waals surface area contributed by atoms with Crippen LogP contribution in [0.5, 0.6) is 6.01 Å². The molecule has 0 saturated heterocycles. The number of nitrogens with zero attached hydrogens (tertiary/aromatic N) is 4. The van der Waals surface area contributed by atoms with Crippen LogP contribution in [0.3, 0.4) is 0 Å². The van der Waals surface area contributed by atoms with Crippen LogP contribution in [0.15, 0.2) is 25.0 Å². The van der Waals surface area contributed by atoms with E-state index in [4.69, 9.17) is 16.3 Å². The summed E-state index contributed by atoms with van der Waals surface area (Å²) in [5.74, 6) is 0.0488. The van der Waals surface area contributed by atoms with E-state index in [1.165, 1.54) is 12.4 Å². The van der Waals surface area contributed by atoms with Crippen molar-refractivity contribution >= 4 is 17.5 Å². The zero-order valence-corrected chi connectivity index (χ0v) is 14.1. The van der Waals surface area contributed by atoms with Crippen LogP contribution >= 0.6 is 11.6 Å². The van der Waals surface area contributed by atoms with Crippen LogP contribution in [0.25, 0.3) is 0 Å². The summed E-state index contributed by atoms with van der Waals surface area (Å²) in [6.45, 7) is 4.66. The fraction of sp³-hybridized carbons (Fsp3) is 0.533. The smallest absolute Gasteiger partial charge is 0.316 e. The van der Waals surface area contributed by atoms with Gasteiger partial charge in [0.05, 0.1) is 24.0 Å². The molecule has 0 spiro atoms. The number of ether oxygens (including phenoxy) is 1. The first-order valence-electron chi connectivity index (χ1n) is 7.06. The fourth-order valence-electron chi connectivity index (χ4n) is 1.79. The highest BCUT2D eigenvalue weighted by molar-refractivity contribution is 6.30. The number of carbonyl (C=O) groups is 1. The van der Waals surface area contributed by atoms with Crippen molar-refractivity contribution in [2.75, 3.05) is 34.2 Å². The SMILES string of the molecule is C=CCC[C@@H](CN(C)CC(=O)N(C)C)Oc1ncc(Cl)cn1. The molecule has 0 aliphatic rings. The van der Waals surface area contributed by atoms with E-state index < -0.39 is 0 Å². The van der Waals surface area contributed by atoms with Crippen molar-refractivity contribution in [3.8, 4) is 6.01 Å². The number of amides is 1. The van der Waals surface area contributed by atoms with Gasteiger partial charge in [-0.3, -0.25) is 9.69 Å². The van der Waals surface area contributed by atoms with E-state index in [0.717, 1.165) is 12.8 Å². The van der Waals surface area contributed by atoms with Gasteiger partial charge in [0.1, 0.15) is 6.10 Å². The number of hydrogen-bond acceptors (Lipinski definition) is 5. The second kappa shape index (κ2) is 9.38. The van der Waals surface area contributed by atoms with Gasteiger partial charge in [-0.1, -0.05) is 17.7 Å². The number of halogens is 1. The van der Waals surface area contributed by atoms with Crippen LogP contribution in [-0.4, -0.2) is 66.0 Å². The zero-order chi connectivity index (χ0) is 16.5. The molecule has 0 radical (unpaired) electrons. The molecule has 0 aromatic carbocycles. The molecule has 7 heteroatoms. The van der Waals surface area contributed by atoms with Crippen LogP contribution in [0, 0.1) is 0 Å². The van der Waals surface area contributed by atoms with Gasteiger partial charge in [-0.05, 0) is 19.9 Å². The second-order valence-corrected chi connectivity index (χ2v) is 5.71. The van der Waals surface area contributed by atoms with Crippen molar-refractivity contribution in [1.82, 2.24) is 19.8 Å². The Kier molecular flexibility index (Phi) is 7.84. The monoisotopic (exact) mass is 326 g/mol. The third kappa shape index (κ3) is 6.87. The van der Waals surface area contributed by atoms with Crippen molar-refractivity contribution in [3.05, 3.63) is 30.1 Å². The summed E-state index contributed by atoms with van der Waals surface area (Å²) in [6.07, 6.45) is 6.29. The van der Waals surface area contributed by atoms with Crippen LogP contribution in [-0.2, 0) is 4.79 Å². The molecule has 1 heterocycles. The molecule has 1 rings (SSSR count). The van der Waals surface area contributed by atoms with Crippen molar-refractivity contribution < 1.29 is 9.53 Å². The highest BCUT2D eigenvalue weighted by atomic mass is 35.5. The van der Waals surface area contributed by atoms with Gasteiger partial charge < -0.3 is 9.64 Å². The van der Waals surface area contributed by atoms with Gasteiger partial charge in [-0.2, -0.15) is 0 Å². The second-order valence-electron chi connectivity index (χ2n) is 5.27. The molecule has 1 amide bonds. The first-order chi connectivity index (χ1) is 10.4. The number of hydrogen-bond donors (Lipinski definition) is 0. The van der Waals surface area contributed by atoms with Gasteiger partial charge in [-0.15, -0.1) is 6.58 Å². The van der Waals surface area contributed by atoms with Gasteiger partial charge in [0.25, 0.3) is 0 Å². The number of carbonyl (C=O) groups excluding carboxylic acids is 1. The Morgan fingerprint density at radius 1 is 1.41 bits per heavy atom. The third-order valence-corrected chi connectivity index (χ3v) is 3.18. The molecule has 122 valence electrons. The van der Waals surface area contributed by atoms with Crippen molar-refractivity contribution in [1.29, 1.82) is 0 Å². The quantitative estimate of drug-likeness (QED) is 0.648. The number of allylic oxidation sites excluding steroid dienone is 1. The van der Waals surface area contributed by atoms with E-state index in [0.29, 0.717) is 18.1 Å². The minimum absolute atomic E-state index is 0.0488. The van der Waals surface area contributed by atoms with Gasteiger partial charge >= 0.3 is 6.01 Å². The first kappa shape index (κ1) is 18.4. The molecule has 0 aliphatic carbocycles. The summed E-state index contributed by atoms with van der Waals surface area (Å²) >= 11 is 5.76. The Balaban J connectivity index is 2.61. The Morgan fingerprint density at radius 3 is 2.59 bits per heavy atom. The van der Waals surface area contributed by atoms with Gasteiger partial charge in [0.2, 0.25) is 5.91 Å². The number of rotatable bonds is 9. The highest BCUT2D eigenvalue weighted by Gasteiger charge is 2.17. The molecule has 0 aliphatic heterocycles. The summed E-state index contributed by atoms with van der Waals surface area (Å²) in [5.41, 5.74) is 0. The molecule has 0 bridgehead atoms. The average molecular weight is 327 g/mol. The molecule has 1 atom stereocenters. The minimum atomic E-state index is -0.126. The molecule has 22 heavy (non-hydrogen) atoms. The van der Waals surface area contributed by atoms with Gasteiger partial charge in [0.15, 0.2) is 0 Å². The highest BCUT2D eigenvalue weighted by Crippen LogP contribution is 2.12. The number of aromatic nitrogens is 2. The molecule has 0 fully saturated rings. The maximum Gasteiger partial charge on any atom is 0.316 e. The maximum absolute atomic E-state index is 11.7. The largest absolute Gasteiger partial charge is 0.459 e. The molecule has 1 aromatic rings. The van der Waals surface area contributed by atoms with Crippen LogP contribution < -0.4 is 4.74 Å². The summed E-state index contributed by atoms with van der Waals surface area (Å²) in [5, 5.41) is 0.462. The lowest BCUT2D eigenvalue weighted by Gasteiger charge is -2.24. The van der Waals surface area contributed by atoms with E-state index >= 15 is 0 Å². The maximum atomic E-state index is 11.7. The van der Waals surface area contributed by atoms with Crippen molar-refractivity contribution in [2.45, 2.75) is 18.9 Å². The molecule has 6 nitrogen and oxygen atoms in total. The lowest BCUT2D eigenvalue weighted by Crippen LogP contribution is -2.39. The lowest BCUT2D eigenvalue weighted by molar-refractivity contribution is -0.129. The Morgan fingerprint density at radius 2 is 2.05 bits per heavy atom. The number of likely N-dealkylation sites (N-methyl/N-ethyl adjacent to an activating group) is 2. The Labute approximate surface area is 136 Å². The molecule has 0 unspecified atom stereocenters. The van der Waals surface area contributed by atoms with Crippen LogP contribution in [0.1, 0.15) is 12.8 Å².